The van der Waals surface area contributed by atoms with Crippen molar-refractivity contribution in [1.82, 2.24) is 0 Å². The molecule has 0 aromatic heterocycles. The number of hydrogen-bond acceptors (Lipinski definition) is 8. The molecule has 0 radical (unpaired) electrons. The first kappa shape index (κ1) is 26.1. The van der Waals surface area contributed by atoms with Crippen molar-refractivity contribution in [3.63, 3.8) is 0 Å². The molecule has 158 valence electrons. The van der Waals surface area contributed by atoms with Gasteiger partial charge in [-0.1, -0.05) is 32.7 Å². The summed E-state index contributed by atoms with van der Waals surface area (Å²) in [5.41, 5.74) is -0.724. The average Bonchev–Trinajstić information content (AvgIpc) is 2.47. The molecular weight excluding hydrogens is 384 g/mol. The van der Waals surface area contributed by atoms with Crippen LogP contribution in [0.1, 0.15) is 66.2 Å². The molecule has 0 rings (SSSR count). The highest BCUT2D eigenvalue weighted by Gasteiger charge is 2.26. The average molecular weight is 419 g/mol. The second kappa shape index (κ2) is 11.8. The minimum atomic E-state index is -4.04. The summed E-state index contributed by atoms with van der Waals surface area (Å²) in [6.45, 7) is 7.49. The lowest BCUT2D eigenvalue weighted by atomic mass is 9.86. The van der Waals surface area contributed by atoms with Crippen LogP contribution in [0.4, 0.5) is 0 Å². The van der Waals surface area contributed by atoms with Gasteiger partial charge in [0.05, 0.1) is 18.0 Å². The van der Waals surface area contributed by atoms with Gasteiger partial charge in [0, 0.05) is 17.8 Å². The smallest absolute Gasteiger partial charge is 0.265 e. The van der Waals surface area contributed by atoms with Gasteiger partial charge >= 0.3 is 0 Å². The van der Waals surface area contributed by atoms with Crippen molar-refractivity contribution in [1.29, 1.82) is 0 Å². The maximum Gasteiger partial charge on any atom is 0.265 e. The third-order valence-corrected chi connectivity index (χ3v) is 6.45. The Bertz CT molecular complexity index is 479. The first-order valence-corrected chi connectivity index (χ1v) is 11.2. The zero-order valence-corrected chi connectivity index (χ0v) is 17.7. The Morgan fingerprint density at radius 3 is 1.81 bits per heavy atom. The van der Waals surface area contributed by atoms with E-state index in [1.54, 1.807) is 13.8 Å². The van der Waals surface area contributed by atoms with E-state index in [9.17, 15) is 18.6 Å². The number of rotatable bonds is 15. The van der Waals surface area contributed by atoms with Crippen molar-refractivity contribution in [2.45, 2.75) is 78.4 Å². The van der Waals surface area contributed by atoms with E-state index in [0.29, 0.717) is 37.9 Å². The molecule has 2 atom stereocenters. The first-order valence-electron chi connectivity index (χ1n) is 8.67. The summed E-state index contributed by atoms with van der Waals surface area (Å²) >= 11 is 0.988. The van der Waals surface area contributed by atoms with Crippen LogP contribution in [0.25, 0.3) is 0 Å². The van der Waals surface area contributed by atoms with Crippen LogP contribution in [-0.2, 0) is 19.5 Å². The molecule has 0 spiro atoms. The van der Waals surface area contributed by atoms with Gasteiger partial charge in [0.1, 0.15) is 0 Å². The van der Waals surface area contributed by atoms with Crippen molar-refractivity contribution in [2.75, 3.05) is 11.5 Å². The minimum Gasteiger partial charge on any atom is -0.393 e. The summed E-state index contributed by atoms with van der Waals surface area (Å²) in [5.74, 6) is 0.249. The fourth-order valence-electron chi connectivity index (χ4n) is 2.63. The molecule has 0 aliphatic carbocycles. The monoisotopic (exact) mass is 418 g/mol. The zero-order valence-electron chi connectivity index (χ0n) is 16.0. The normalized spacial score (nSPS) is 15.8. The first-order chi connectivity index (χ1) is 11.8. The van der Waals surface area contributed by atoms with E-state index in [1.165, 1.54) is 0 Å². The highest BCUT2D eigenvalue weighted by molar-refractivity contribution is 7.94. The molecule has 0 fully saturated rings. The molecule has 8 nitrogen and oxygen atoms in total. The van der Waals surface area contributed by atoms with Gasteiger partial charge in [0.25, 0.3) is 10.1 Å². The molecule has 0 saturated carbocycles. The zero-order chi connectivity index (χ0) is 20.4. The Morgan fingerprint density at radius 2 is 1.38 bits per heavy atom. The number of hydrogen-bond donors (Lipinski definition) is 4. The molecule has 0 aromatic rings. The molecule has 0 aliphatic rings. The Balaban J connectivity index is 4.06. The Morgan fingerprint density at radius 1 is 0.923 bits per heavy atom. The van der Waals surface area contributed by atoms with Crippen molar-refractivity contribution in [3.05, 3.63) is 0 Å². The fourth-order valence-corrected chi connectivity index (χ4v) is 4.32. The van der Waals surface area contributed by atoms with Gasteiger partial charge in [-0.3, -0.25) is 4.55 Å². The van der Waals surface area contributed by atoms with Gasteiger partial charge in [-0.15, -0.1) is 4.33 Å². The van der Waals surface area contributed by atoms with Crippen LogP contribution in [0, 0.1) is 10.8 Å². The van der Waals surface area contributed by atoms with E-state index in [4.69, 9.17) is 9.81 Å². The SMILES string of the molecule is CC(C)(CCC(O)CCC(O)CCC(C)(C)CS(=O)(=O)O)CSOOO. The molecule has 0 aliphatic heterocycles. The van der Waals surface area contributed by atoms with Crippen LogP contribution in [0.15, 0.2) is 0 Å². The van der Waals surface area contributed by atoms with E-state index in [0.717, 1.165) is 18.5 Å². The standard InChI is InChI=1S/C16H34O8S2/c1-15(2,11-25-24-23-19)9-7-13(17)5-6-14(18)8-10-16(3,4)12-26(20,21)22/h13-14,17-19H,5-12H2,1-4H3,(H,20,21,22). The molecule has 10 heteroatoms. The van der Waals surface area contributed by atoms with Crippen LogP contribution in [0.3, 0.4) is 0 Å². The van der Waals surface area contributed by atoms with Gasteiger partial charge in [-0.25, -0.2) is 5.26 Å². The maximum absolute atomic E-state index is 11.0. The van der Waals surface area contributed by atoms with Crippen molar-refractivity contribution < 1.29 is 37.8 Å². The van der Waals surface area contributed by atoms with Crippen LogP contribution in [-0.4, -0.2) is 52.2 Å². The summed E-state index contributed by atoms with van der Waals surface area (Å²) < 4.78 is 35.2. The molecule has 0 amide bonds. The largest absolute Gasteiger partial charge is 0.393 e. The van der Waals surface area contributed by atoms with E-state index in [-0.39, 0.29) is 11.2 Å². The highest BCUT2D eigenvalue weighted by atomic mass is 32.2. The van der Waals surface area contributed by atoms with Gasteiger partial charge in [-0.2, -0.15) is 8.42 Å². The van der Waals surface area contributed by atoms with Gasteiger partial charge in [0.15, 0.2) is 0 Å². The third-order valence-electron chi connectivity index (χ3n) is 4.24. The van der Waals surface area contributed by atoms with Crippen molar-refractivity contribution in [3.8, 4) is 0 Å². The number of aliphatic hydroxyl groups is 2. The van der Waals surface area contributed by atoms with E-state index in [1.807, 2.05) is 13.8 Å². The second-order valence-corrected chi connectivity index (χ2v) is 10.5. The second-order valence-electron chi connectivity index (χ2n) is 8.42. The van der Waals surface area contributed by atoms with Gasteiger partial charge in [-0.05, 0) is 49.4 Å². The van der Waals surface area contributed by atoms with Crippen LogP contribution >= 0.6 is 12.0 Å². The minimum absolute atomic E-state index is 0.109. The number of aliphatic hydroxyl groups excluding tert-OH is 2. The lowest BCUT2D eigenvalue weighted by Gasteiger charge is -2.26. The van der Waals surface area contributed by atoms with Crippen molar-refractivity contribution >= 4 is 22.2 Å². The molecule has 4 N–H and O–H groups in total. The lowest BCUT2D eigenvalue weighted by molar-refractivity contribution is -0.432. The molecule has 2 unspecified atom stereocenters. The van der Waals surface area contributed by atoms with Gasteiger partial charge < -0.3 is 10.2 Å². The summed E-state index contributed by atoms with van der Waals surface area (Å²) in [6.07, 6.45) is 1.93. The summed E-state index contributed by atoms with van der Waals surface area (Å²) in [4.78, 5) is 0. The van der Waals surface area contributed by atoms with Gasteiger partial charge in [0.2, 0.25) is 0 Å². The highest BCUT2D eigenvalue weighted by Crippen LogP contribution is 2.29. The Kier molecular flexibility index (Phi) is 11.8. The molecule has 0 saturated heterocycles. The predicted molar refractivity (Wildman–Crippen MR) is 101 cm³/mol. The van der Waals surface area contributed by atoms with E-state index in [2.05, 4.69) is 9.37 Å². The summed E-state index contributed by atoms with van der Waals surface area (Å²) in [5, 5.41) is 31.8. The van der Waals surface area contributed by atoms with E-state index < -0.39 is 27.7 Å². The lowest BCUT2D eigenvalue weighted by Crippen LogP contribution is -2.25. The molecule has 0 heterocycles. The van der Waals surface area contributed by atoms with Crippen LogP contribution in [0.5, 0.6) is 0 Å². The quantitative estimate of drug-likeness (QED) is 0.104. The predicted octanol–water partition coefficient (Wildman–Crippen LogP) is 3.06. The fraction of sp³-hybridized carbons (Fsp3) is 1.00. The maximum atomic E-state index is 11.0. The van der Waals surface area contributed by atoms with E-state index >= 15 is 0 Å². The summed E-state index contributed by atoms with van der Waals surface area (Å²) in [7, 11) is -4.04. The molecule has 0 bridgehead atoms. The molecular formula is C16H34O8S2. The molecule has 26 heavy (non-hydrogen) atoms. The molecule has 0 aromatic carbocycles. The Hall–Kier alpha value is 0.0600. The topological polar surface area (TPSA) is 134 Å². The Labute approximate surface area is 161 Å². The van der Waals surface area contributed by atoms with Crippen LogP contribution in [0.2, 0.25) is 0 Å². The van der Waals surface area contributed by atoms with Crippen LogP contribution < -0.4 is 0 Å². The third kappa shape index (κ3) is 15.2. The summed E-state index contributed by atoms with van der Waals surface area (Å²) in [6, 6.07) is 0. The van der Waals surface area contributed by atoms with Crippen molar-refractivity contribution in [2.24, 2.45) is 10.8 Å².